The molecule has 0 saturated heterocycles. The average molecular weight is 321 g/mol. The van der Waals surface area contributed by atoms with Gasteiger partial charge in [-0.05, 0) is 23.8 Å². The molecule has 0 amide bonds. The quantitative estimate of drug-likeness (QED) is 0.888. The number of hydrogen-bond acceptors (Lipinski definition) is 1. The maximum Gasteiger partial charge on any atom is 0.240 e. The molecule has 1 aromatic carbocycles. The van der Waals surface area contributed by atoms with Crippen LogP contribution in [0.2, 0.25) is 5.02 Å². The summed E-state index contributed by atoms with van der Waals surface area (Å²) in [7, 11) is 0. The van der Waals surface area contributed by atoms with Gasteiger partial charge < -0.3 is 5.73 Å². The molecule has 0 heterocycles. The van der Waals surface area contributed by atoms with Crippen molar-refractivity contribution in [2.75, 3.05) is 0 Å². The fourth-order valence-corrected chi connectivity index (χ4v) is 1.84. The molecular weight excluding hydrogens is 311 g/mol. The van der Waals surface area contributed by atoms with Crippen LogP contribution in [-0.2, 0) is 0 Å². The smallest absolute Gasteiger partial charge is 0.240 e. The van der Waals surface area contributed by atoms with Crippen molar-refractivity contribution < 1.29 is 8.78 Å². The van der Waals surface area contributed by atoms with E-state index < -0.39 is 12.5 Å². The van der Waals surface area contributed by atoms with E-state index in [0.29, 0.717) is 15.1 Å². The van der Waals surface area contributed by atoms with E-state index in [9.17, 15) is 8.78 Å². The number of nitrogens with two attached hydrogens (primary N) is 1. The molecule has 0 radical (unpaired) electrons. The van der Waals surface area contributed by atoms with Crippen LogP contribution in [0.15, 0.2) is 22.7 Å². The molecule has 0 unspecified atom stereocenters. The van der Waals surface area contributed by atoms with E-state index in [2.05, 4.69) is 15.9 Å². The molecule has 0 aliphatic carbocycles. The molecule has 15 heavy (non-hydrogen) atoms. The van der Waals surface area contributed by atoms with Crippen molar-refractivity contribution >= 4 is 39.9 Å². The Kier molecular flexibility index (Phi) is 6.68. The Morgan fingerprint density at radius 3 is 2.53 bits per heavy atom. The van der Waals surface area contributed by atoms with Crippen molar-refractivity contribution in [1.29, 1.82) is 0 Å². The van der Waals surface area contributed by atoms with Crippen LogP contribution in [-0.4, -0.2) is 6.43 Å². The second-order valence-corrected chi connectivity index (χ2v) is 4.19. The molecule has 2 N–H and O–H groups in total. The van der Waals surface area contributed by atoms with Gasteiger partial charge in [-0.3, -0.25) is 0 Å². The van der Waals surface area contributed by atoms with Crippen LogP contribution in [0.25, 0.3) is 0 Å². The summed E-state index contributed by atoms with van der Waals surface area (Å²) in [6.45, 7) is 0. The van der Waals surface area contributed by atoms with Gasteiger partial charge in [-0.2, -0.15) is 0 Å². The number of rotatable bonds is 3. The van der Waals surface area contributed by atoms with Crippen LogP contribution in [0.5, 0.6) is 0 Å². The van der Waals surface area contributed by atoms with Crippen molar-refractivity contribution in [3.63, 3.8) is 0 Å². The lowest BCUT2D eigenvalue weighted by Gasteiger charge is -2.13. The number of hydrogen-bond donors (Lipinski definition) is 1. The van der Waals surface area contributed by atoms with Gasteiger partial charge in [0, 0.05) is 22.0 Å². The van der Waals surface area contributed by atoms with Gasteiger partial charge >= 0.3 is 0 Å². The molecule has 1 atom stereocenters. The topological polar surface area (TPSA) is 26.0 Å². The van der Waals surface area contributed by atoms with Crippen LogP contribution in [0.4, 0.5) is 8.78 Å². The summed E-state index contributed by atoms with van der Waals surface area (Å²) in [5.41, 5.74) is 6.21. The van der Waals surface area contributed by atoms with Gasteiger partial charge in [0.15, 0.2) is 0 Å². The zero-order valence-electron chi connectivity index (χ0n) is 7.59. The molecule has 86 valence electrons. The van der Waals surface area contributed by atoms with Crippen LogP contribution >= 0.6 is 39.9 Å². The lowest BCUT2D eigenvalue weighted by Crippen LogP contribution is -2.14. The first-order chi connectivity index (χ1) is 6.50. The van der Waals surface area contributed by atoms with Gasteiger partial charge in [0.25, 0.3) is 0 Å². The summed E-state index contributed by atoms with van der Waals surface area (Å²) in [6.07, 6.45) is -2.77. The summed E-state index contributed by atoms with van der Waals surface area (Å²) in [5.74, 6) is 0. The Bertz CT molecular complexity index is 323. The third kappa shape index (κ3) is 4.64. The maximum absolute atomic E-state index is 12.1. The van der Waals surface area contributed by atoms with Crippen LogP contribution in [0.3, 0.4) is 0 Å². The highest BCUT2D eigenvalue weighted by Crippen LogP contribution is 2.28. The zero-order chi connectivity index (χ0) is 10.7. The van der Waals surface area contributed by atoms with Gasteiger partial charge in [0.2, 0.25) is 6.43 Å². The number of benzene rings is 1. The molecule has 1 rings (SSSR count). The fourth-order valence-electron chi connectivity index (χ4n) is 1.12. The van der Waals surface area contributed by atoms with Crippen molar-refractivity contribution in [1.82, 2.24) is 0 Å². The molecule has 0 bridgehead atoms. The Morgan fingerprint density at radius 2 is 2.00 bits per heavy atom. The summed E-state index contributed by atoms with van der Waals surface area (Å²) in [5, 5.41) is 0.493. The van der Waals surface area contributed by atoms with Crippen molar-refractivity contribution in [3.8, 4) is 0 Å². The normalized spacial score (nSPS) is 12.4. The lowest BCUT2D eigenvalue weighted by atomic mass is 10.1. The summed E-state index contributed by atoms with van der Waals surface area (Å²) >= 11 is 8.97. The molecule has 0 aromatic heterocycles. The second-order valence-electron chi connectivity index (χ2n) is 2.90. The predicted molar refractivity (Wildman–Crippen MR) is 63.9 cm³/mol. The largest absolute Gasteiger partial charge is 0.324 e. The van der Waals surface area contributed by atoms with E-state index >= 15 is 0 Å². The number of alkyl halides is 2. The van der Waals surface area contributed by atoms with Gasteiger partial charge in [-0.25, -0.2) is 8.78 Å². The van der Waals surface area contributed by atoms with Crippen LogP contribution in [0, 0.1) is 0 Å². The Labute approximate surface area is 107 Å². The Hall–Kier alpha value is 0.1000. The maximum atomic E-state index is 12.1. The molecule has 0 aliphatic rings. The minimum Gasteiger partial charge on any atom is -0.324 e. The van der Waals surface area contributed by atoms with Crippen LogP contribution < -0.4 is 5.73 Å². The standard InChI is InChI=1S/C9H9BrClF2N.ClH/c10-7-2-1-5(11)3-6(7)8(14)4-9(12)13;/h1-3,8-9H,4,14H2;1H/t8-;/m1./s1. The van der Waals surface area contributed by atoms with Crippen molar-refractivity contribution in [3.05, 3.63) is 33.3 Å². The highest BCUT2D eigenvalue weighted by molar-refractivity contribution is 9.10. The number of halogens is 5. The van der Waals surface area contributed by atoms with Gasteiger partial charge in [0.1, 0.15) is 0 Å². The van der Waals surface area contributed by atoms with Gasteiger partial charge in [-0.1, -0.05) is 27.5 Å². The zero-order valence-corrected chi connectivity index (χ0v) is 10.7. The molecule has 6 heteroatoms. The molecule has 0 saturated carbocycles. The molecule has 1 aromatic rings. The second kappa shape index (κ2) is 6.63. The van der Waals surface area contributed by atoms with E-state index in [1.54, 1.807) is 18.2 Å². The minimum atomic E-state index is -2.41. The highest BCUT2D eigenvalue weighted by atomic mass is 79.9. The van der Waals surface area contributed by atoms with E-state index in [1.165, 1.54) is 0 Å². The van der Waals surface area contributed by atoms with Crippen molar-refractivity contribution in [2.45, 2.75) is 18.9 Å². The third-order valence-corrected chi connectivity index (χ3v) is 2.75. The Balaban J connectivity index is 0.00000196. The van der Waals surface area contributed by atoms with Crippen LogP contribution in [0.1, 0.15) is 18.0 Å². The van der Waals surface area contributed by atoms with Crippen molar-refractivity contribution in [2.24, 2.45) is 5.73 Å². The third-order valence-electron chi connectivity index (χ3n) is 1.79. The molecule has 0 fully saturated rings. The minimum absolute atomic E-state index is 0. The highest BCUT2D eigenvalue weighted by Gasteiger charge is 2.15. The molecular formula is C9H10BrCl2F2N. The van der Waals surface area contributed by atoms with E-state index in [1.807, 2.05) is 0 Å². The van der Waals surface area contributed by atoms with E-state index in [4.69, 9.17) is 17.3 Å². The monoisotopic (exact) mass is 319 g/mol. The average Bonchev–Trinajstić information content (AvgIpc) is 2.08. The molecule has 1 nitrogen and oxygen atoms in total. The first kappa shape index (κ1) is 15.1. The fraction of sp³-hybridized carbons (Fsp3) is 0.333. The summed E-state index contributed by atoms with van der Waals surface area (Å²) in [4.78, 5) is 0. The van der Waals surface area contributed by atoms with E-state index in [-0.39, 0.29) is 18.8 Å². The summed E-state index contributed by atoms with van der Waals surface area (Å²) in [6, 6.07) is 4.27. The van der Waals surface area contributed by atoms with Gasteiger partial charge in [-0.15, -0.1) is 12.4 Å². The first-order valence-corrected chi connectivity index (χ1v) is 5.16. The summed E-state index contributed by atoms with van der Waals surface area (Å²) < 4.78 is 24.9. The predicted octanol–water partition coefficient (Wildman–Crippen LogP) is 4.18. The first-order valence-electron chi connectivity index (χ1n) is 3.99. The molecule has 0 spiro atoms. The van der Waals surface area contributed by atoms with Gasteiger partial charge in [0.05, 0.1) is 0 Å². The Morgan fingerprint density at radius 1 is 1.40 bits per heavy atom. The van der Waals surface area contributed by atoms with E-state index in [0.717, 1.165) is 0 Å². The lowest BCUT2D eigenvalue weighted by molar-refractivity contribution is 0.128. The SMILES string of the molecule is Cl.N[C@H](CC(F)F)c1cc(Cl)ccc1Br. The molecule has 0 aliphatic heterocycles.